The molecule has 0 saturated carbocycles. The predicted molar refractivity (Wildman–Crippen MR) is 62.1 cm³/mol. The van der Waals surface area contributed by atoms with Gasteiger partial charge in [-0.25, -0.2) is 4.79 Å². The summed E-state index contributed by atoms with van der Waals surface area (Å²) in [6.45, 7) is 3.79. The monoisotopic (exact) mass is 228 g/mol. The third-order valence-corrected chi connectivity index (χ3v) is 2.27. The molecule has 0 aliphatic rings. The molecule has 0 aromatic carbocycles. The SMILES string of the molecule is CC(=CCO)CCC=C(C)CC(O)C(=O)O. The lowest BCUT2D eigenvalue weighted by Crippen LogP contribution is -2.19. The molecule has 0 fully saturated rings. The van der Waals surface area contributed by atoms with E-state index in [0.29, 0.717) is 0 Å². The van der Waals surface area contributed by atoms with Crippen molar-refractivity contribution < 1.29 is 20.1 Å². The number of carboxylic acids is 1. The van der Waals surface area contributed by atoms with Crippen molar-refractivity contribution in [3.05, 3.63) is 23.3 Å². The van der Waals surface area contributed by atoms with E-state index in [1.54, 1.807) is 13.0 Å². The quantitative estimate of drug-likeness (QED) is 0.577. The van der Waals surface area contributed by atoms with Crippen LogP contribution in [0.15, 0.2) is 23.3 Å². The van der Waals surface area contributed by atoms with E-state index in [9.17, 15) is 4.79 Å². The fourth-order valence-corrected chi connectivity index (χ4v) is 1.28. The van der Waals surface area contributed by atoms with E-state index in [1.165, 1.54) is 0 Å². The van der Waals surface area contributed by atoms with Crippen LogP contribution in [0, 0.1) is 0 Å². The first-order valence-corrected chi connectivity index (χ1v) is 5.30. The van der Waals surface area contributed by atoms with Gasteiger partial charge < -0.3 is 15.3 Å². The van der Waals surface area contributed by atoms with Gasteiger partial charge in [0, 0.05) is 6.42 Å². The molecule has 0 rings (SSSR count). The maximum Gasteiger partial charge on any atom is 0.332 e. The Balaban J connectivity index is 3.96. The lowest BCUT2D eigenvalue weighted by molar-refractivity contribution is -0.146. The lowest BCUT2D eigenvalue weighted by Gasteiger charge is -2.05. The minimum absolute atomic E-state index is 0.0479. The highest BCUT2D eigenvalue weighted by molar-refractivity contribution is 5.72. The lowest BCUT2D eigenvalue weighted by atomic mass is 10.1. The first-order chi connectivity index (χ1) is 7.47. The Morgan fingerprint density at radius 1 is 1.25 bits per heavy atom. The average molecular weight is 228 g/mol. The molecule has 0 radical (unpaired) electrons. The number of allylic oxidation sites excluding steroid dienone is 2. The zero-order valence-corrected chi connectivity index (χ0v) is 9.81. The predicted octanol–water partition coefficient (Wildman–Crippen LogP) is 1.49. The smallest absolute Gasteiger partial charge is 0.332 e. The molecular formula is C12H20O4. The van der Waals surface area contributed by atoms with Gasteiger partial charge in [0.25, 0.3) is 0 Å². The van der Waals surface area contributed by atoms with Crippen LogP contribution in [0.25, 0.3) is 0 Å². The van der Waals surface area contributed by atoms with Gasteiger partial charge in [-0.3, -0.25) is 0 Å². The summed E-state index contributed by atoms with van der Waals surface area (Å²) < 4.78 is 0. The molecule has 4 nitrogen and oxygen atoms in total. The number of aliphatic hydroxyl groups is 2. The summed E-state index contributed by atoms with van der Waals surface area (Å²) in [6.07, 6.45) is 4.14. The molecule has 4 heteroatoms. The van der Waals surface area contributed by atoms with Crippen LogP contribution in [-0.2, 0) is 4.79 Å². The molecule has 0 heterocycles. The van der Waals surface area contributed by atoms with Crippen LogP contribution < -0.4 is 0 Å². The Labute approximate surface area is 95.9 Å². The zero-order chi connectivity index (χ0) is 12.6. The van der Waals surface area contributed by atoms with Gasteiger partial charge in [0.15, 0.2) is 6.10 Å². The Morgan fingerprint density at radius 3 is 2.38 bits per heavy atom. The number of aliphatic hydroxyl groups excluding tert-OH is 2. The summed E-state index contributed by atoms with van der Waals surface area (Å²) in [5, 5.41) is 26.2. The third-order valence-electron chi connectivity index (χ3n) is 2.27. The fourth-order valence-electron chi connectivity index (χ4n) is 1.28. The highest BCUT2D eigenvalue weighted by atomic mass is 16.4. The molecule has 0 amide bonds. The zero-order valence-electron chi connectivity index (χ0n) is 9.81. The first kappa shape index (κ1) is 14.9. The summed E-state index contributed by atoms with van der Waals surface area (Å²) in [5.41, 5.74) is 1.97. The molecule has 0 saturated heterocycles. The molecule has 1 unspecified atom stereocenters. The Kier molecular flexibility index (Phi) is 7.50. The Hall–Kier alpha value is -1.13. The number of rotatable bonds is 7. The molecule has 1 atom stereocenters. The van der Waals surface area contributed by atoms with E-state index in [1.807, 2.05) is 13.0 Å². The highest BCUT2D eigenvalue weighted by Gasteiger charge is 2.12. The van der Waals surface area contributed by atoms with E-state index in [2.05, 4.69) is 0 Å². The van der Waals surface area contributed by atoms with Gasteiger partial charge in [-0.05, 0) is 26.7 Å². The van der Waals surface area contributed by atoms with Crippen molar-refractivity contribution in [1.82, 2.24) is 0 Å². The van der Waals surface area contributed by atoms with Crippen LogP contribution in [0.5, 0.6) is 0 Å². The van der Waals surface area contributed by atoms with Gasteiger partial charge in [0.05, 0.1) is 6.61 Å². The molecule has 0 spiro atoms. The van der Waals surface area contributed by atoms with Crippen LogP contribution in [0.1, 0.15) is 33.1 Å². The standard InChI is InChI=1S/C12H20O4/c1-9(6-7-13)4-3-5-10(2)8-11(14)12(15)16/h5-6,11,13-14H,3-4,7-8H2,1-2H3,(H,15,16). The van der Waals surface area contributed by atoms with Gasteiger partial charge in [0.2, 0.25) is 0 Å². The second-order valence-corrected chi connectivity index (χ2v) is 3.88. The summed E-state index contributed by atoms with van der Waals surface area (Å²) in [7, 11) is 0. The van der Waals surface area contributed by atoms with E-state index < -0.39 is 12.1 Å². The minimum atomic E-state index is -1.31. The number of hydrogen-bond donors (Lipinski definition) is 3. The summed E-state index contributed by atoms with van der Waals surface area (Å²) in [5.74, 6) is -1.19. The molecule has 0 aliphatic heterocycles. The third kappa shape index (κ3) is 7.20. The number of aliphatic carboxylic acids is 1. The van der Waals surface area contributed by atoms with Gasteiger partial charge in [-0.1, -0.05) is 23.3 Å². The fraction of sp³-hybridized carbons (Fsp3) is 0.583. The van der Waals surface area contributed by atoms with Crippen molar-refractivity contribution >= 4 is 5.97 Å². The molecule has 92 valence electrons. The first-order valence-electron chi connectivity index (χ1n) is 5.30. The van der Waals surface area contributed by atoms with Crippen LogP contribution in [-0.4, -0.2) is 34.0 Å². The largest absolute Gasteiger partial charge is 0.479 e. The number of carboxylic acid groups (broad SMARTS) is 1. The second kappa shape index (κ2) is 8.07. The molecule has 0 aliphatic carbocycles. The average Bonchev–Trinajstić information content (AvgIpc) is 2.17. The molecule has 0 aromatic rings. The van der Waals surface area contributed by atoms with Crippen LogP contribution in [0.2, 0.25) is 0 Å². The number of hydrogen-bond acceptors (Lipinski definition) is 3. The van der Waals surface area contributed by atoms with Crippen LogP contribution >= 0.6 is 0 Å². The van der Waals surface area contributed by atoms with Gasteiger partial charge in [-0.2, -0.15) is 0 Å². The maximum absolute atomic E-state index is 10.4. The summed E-state index contributed by atoms with van der Waals surface area (Å²) in [6, 6.07) is 0. The van der Waals surface area contributed by atoms with Crippen molar-refractivity contribution in [3.8, 4) is 0 Å². The van der Waals surface area contributed by atoms with E-state index >= 15 is 0 Å². The molecule has 0 bridgehead atoms. The topological polar surface area (TPSA) is 77.8 Å². The Bertz CT molecular complexity index is 279. The van der Waals surface area contributed by atoms with Crippen LogP contribution in [0.4, 0.5) is 0 Å². The van der Waals surface area contributed by atoms with E-state index in [4.69, 9.17) is 15.3 Å². The summed E-state index contributed by atoms with van der Waals surface area (Å²) in [4.78, 5) is 10.4. The second-order valence-electron chi connectivity index (χ2n) is 3.88. The van der Waals surface area contributed by atoms with Crippen molar-refractivity contribution in [1.29, 1.82) is 0 Å². The summed E-state index contributed by atoms with van der Waals surface area (Å²) >= 11 is 0. The van der Waals surface area contributed by atoms with Gasteiger partial charge in [0.1, 0.15) is 0 Å². The van der Waals surface area contributed by atoms with Crippen LogP contribution in [0.3, 0.4) is 0 Å². The van der Waals surface area contributed by atoms with Crippen molar-refractivity contribution in [2.45, 2.75) is 39.2 Å². The molecule has 0 aromatic heterocycles. The van der Waals surface area contributed by atoms with E-state index in [0.717, 1.165) is 24.0 Å². The minimum Gasteiger partial charge on any atom is -0.479 e. The normalized spacial score (nSPS) is 15.0. The van der Waals surface area contributed by atoms with E-state index in [-0.39, 0.29) is 13.0 Å². The van der Waals surface area contributed by atoms with Crippen molar-refractivity contribution in [2.24, 2.45) is 0 Å². The van der Waals surface area contributed by atoms with Gasteiger partial charge in [-0.15, -0.1) is 0 Å². The highest BCUT2D eigenvalue weighted by Crippen LogP contribution is 2.10. The molecule has 16 heavy (non-hydrogen) atoms. The van der Waals surface area contributed by atoms with Crippen molar-refractivity contribution in [3.63, 3.8) is 0 Å². The molecule has 3 N–H and O–H groups in total. The van der Waals surface area contributed by atoms with Gasteiger partial charge >= 0.3 is 5.97 Å². The Morgan fingerprint density at radius 2 is 1.88 bits per heavy atom. The molecular weight excluding hydrogens is 208 g/mol. The number of carbonyl (C=O) groups is 1. The van der Waals surface area contributed by atoms with Crippen molar-refractivity contribution in [2.75, 3.05) is 6.61 Å². The maximum atomic E-state index is 10.4.